The molecule has 0 bridgehead atoms. The van der Waals surface area contributed by atoms with Crippen LogP contribution in [0.1, 0.15) is 33.6 Å². The van der Waals surface area contributed by atoms with E-state index < -0.39 is 0 Å². The van der Waals surface area contributed by atoms with E-state index in [1.54, 1.807) is 16.7 Å². The average molecular weight is 191 g/mol. The maximum atomic E-state index is 3.53. The third-order valence-electron chi connectivity index (χ3n) is 3.55. The van der Waals surface area contributed by atoms with Gasteiger partial charge in [-0.15, -0.1) is 0 Å². The van der Waals surface area contributed by atoms with Crippen LogP contribution in [-0.2, 0) is 0 Å². The van der Waals surface area contributed by atoms with Crippen LogP contribution < -0.4 is 5.32 Å². The first-order valence-electron chi connectivity index (χ1n) is 5.78. The minimum atomic E-state index is 0.777. The van der Waals surface area contributed by atoms with Gasteiger partial charge in [0.05, 0.1) is 0 Å². The molecule has 1 nitrogen and oxygen atoms in total. The Hall–Kier alpha value is -0.560. The van der Waals surface area contributed by atoms with Crippen LogP contribution in [0.4, 0.5) is 0 Å². The van der Waals surface area contributed by atoms with Crippen molar-refractivity contribution in [3.63, 3.8) is 0 Å². The third kappa shape index (κ3) is 1.78. The summed E-state index contributed by atoms with van der Waals surface area (Å²) in [6, 6.07) is 0. The predicted octanol–water partition coefficient (Wildman–Crippen LogP) is 2.90. The van der Waals surface area contributed by atoms with Crippen LogP contribution >= 0.6 is 0 Å². The Morgan fingerprint density at radius 3 is 2.86 bits per heavy atom. The summed E-state index contributed by atoms with van der Waals surface area (Å²) in [4.78, 5) is 0. The van der Waals surface area contributed by atoms with Crippen molar-refractivity contribution in [2.45, 2.75) is 33.6 Å². The third-order valence-corrected chi connectivity index (χ3v) is 3.55. The minimum absolute atomic E-state index is 0.777. The van der Waals surface area contributed by atoms with Crippen molar-refractivity contribution in [1.29, 1.82) is 0 Å². The largest absolute Gasteiger partial charge is 0.312 e. The molecule has 1 aliphatic heterocycles. The van der Waals surface area contributed by atoms with E-state index in [0.29, 0.717) is 0 Å². The van der Waals surface area contributed by atoms with Crippen LogP contribution in [-0.4, -0.2) is 13.1 Å². The summed E-state index contributed by atoms with van der Waals surface area (Å²) in [5.41, 5.74) is 4.87. The maximum absolute atomic E-state index is 3.53. The van der Waals surface area contributed by atoms with Gasteiger partial charge in [-0.25, -0.2) is 0 Å². The predicted molar refractivity (Wildman–Crippen MR) is 61.2 cm³/mol. The Labute approximate surface area is 87.3 Å². The molecule has 1 heterocycles. The highest BCUT2D eigenvalue weighted by Gasteiger charge is 2.25. The molecule has 0 aromatic heterocycles. The number of hydrogen-bond donors (Lipinski definition) is 1. The summed E-state index contributed by atoms with van der Waals surface area (Å²) < 4.78 is 0. The molecule has 1 atom stereocenters. The van der Waals surface area contributed by atoms with E-state index in [2.05, 4.69) is 32.2 Å². The molecule has 0 radical (unpaired) electrons. The van der Waals surface area contributed by atoms with Crippen molar-refractivity contribution >= 4 is 0 Å². The SMILES string of the molecule is CC1=CC2=C(CC1)C(C(C)C)CNC2. The molecular formula is C13H21N. The van der Waals surface area contributed by atoms with Gasteiger partial charge in [0.1, 0.15) is 0 Å². The van der Waals surface area contributed by atoms with Gasteiger partial charge >= 0.3 is 0 Å². The summed E-state index contributed by atoms with van der Waals surface area (Å²) >= 11 is 0. The van der Waals surface area contributed by atoms with E-state index in [1.807, 2.05) is 0 Å². The van der Waals surface area contributed by atoms with Crippen LogP contribution in [0.3, 0.4) is 0 Å². The zero-order chi connectivity index (χ0) is 10.1. The molecule has 1 unspecified atom stereocenters. The number of rotatable bonds is 1. The molecule has 1 heteroatoms. The zero-order valence-corrected chi connectivity index (χ0v) is 9.56. The van der Waals surface area contributed by atoms with Gasteiger partial charge in [-0.3, -0.25) is 0 Å². The summed E-state index contributed by atoms with van der Waals surface area (Å²) in [7, 11) is 0. The molecule has 1 aliphatic carbocycles. The van der Waals surface area contributed by atoms with Gasteiger partial charge in [-0.2, -0.15) is 0 Å². The Morgan fingerprint density at radius 1 is 1.36 bits per heavy atom. The molecule has 0 aromatic carbocycles. The molecule has 14 heavy (non-hydrogen) atoms. The Balaban J connectivity index is 2.28. The summed E-state index contributed by atoms with van der Waals surface area (Å²) in [5, 5.41) is 3.53. The van der Waals surface area contributed by atoms with Crippen LogP contribution in [0.15, 0.2) is 22.8 Å². The van der Waals surface area contributed by atoms with Crippen molar-refractivity contribution in [2.75, 3.05) is 13.1 Å². The lowest BCUT2D eigenvalue weighted by atomic mass is 9.77. The maximum Gasteiger partial charge on any atom is 0.0205 e. The highest BCUT2D eigenvalue weighted by molar-refractivity contribution is 5.37. The first-order valence-corrected chi connectivity index (χ1v) is 5.78. The molecular weight excluding hydrogens is 170 g/mol. The number of nitrogens with one attached hydrogen (secondary N) is 1. The zero-order valence-electron chi connectivity index (χ0n) is 9.56. The molecule has 0 spiro atoms. The molecule has 2 aliphatic rings. The van der Waals surface area contributed by atoms with Gasteiger partial charge < -0.3 is 5.32 Å². The van der Waals surface area contributed by atoms with E-state index >= 15 is 0 Å². The minimum Gasteiger partial charge on any atom is -0.312 e. The topological polar surface area (TPSA) is 12.0 Å². The van der Waals surface area contributed by atoms with E-state index in [9.17, 15) is 0 Å². The van der Waals surface area contributed by atoms with Crippen molar-refractivity contribution in [3.05, 3.63) is 22.8 Å². The van der Waals surface area contributed by atoms with Gasteiger partial charge in [-0.05, 0) is 37.2 Å². The lowest BCUT2D eigenvalue weighted by Gasteiger charge is -2.33. The lowest BCUT2D eigenvalue weighted by Crippen LogP contribution is -2.35. The van der Waals surface area contributed by atoms with Gasteiger partial charge in [0.25, 0.3) is 0 Å². The Kier molecular flexibility index (Phi) is 2.78. The normalized spacial score (nSPS) is 27.7. The van der Waals surface area contributed by atoms with Gasteiger partial charge in [-0.1, -0.05) is 31.1 Å². The second kappa shape index (κ2) is 3.90. The molecule has 2 rings (SSSR count). The Morgan fingerprint density at radius 2 is 2.14 bits per heavy atom. The number of allylic oxidation sites excluding steroid dienone is 1. The van der Waals surface area contributed by atoms with Gasteiger partial charge in [0, 0.05) is 13.1 Å². The fourth-order valence-electron chi connectivity index (χ4n) is 2.67. The summed E-state index contributed by atoms with van der Waals surface area (Å²) in [6.45, 7) is 9.21. The van der Waals surface area contributed by atoms with Crippen LogP contribution in [0.25, 0.3) is 0 Å². The number of hydrogen-bond acceptors (Lipinski definition) is 1. The van der Waals surface area contributed by atoms with Crippen molar-refractivity contribution in [2.24, 2.45) is 11.8 Å². The van der Waals surface area contributed by atoms with Crippen LogP contribution in [0.5, 0.6) is 0 Å². The van der Waals surface area contributed by atoms with Gasteiger partial charge in [0.15, 0.2) is 0 Å². The van der Waals surface area contributed by atoms with Crippen molar-refractivity contribution < 1.29 is 0 Å². The van der Waals surface area contributed by atoms with Crippen molar-refractivity contribution in [1.82, 2.24) is 5.32 Å². The fraction of sp³-hybridized carbons (Fsp3) is 0.692. The van der Waals surface area contributed by atoms with E-state index in [0.717, 1.165) is 18.4 Å². The quantitative estimate of drug-likeness (QED) is 0.672. The lowest BCUT2D eigenvalue weighted by molar-refractivity contribution is 0.388. The molecule has 0 aromatic rings. The highest BCUT2D eigenvalue weighted by atomic mass is 14.9. The second-order valence-corrected chi connectivity index (χ2v) is 5.02. The van der Waals surface area contributed by atoms with E-state index in [1.165, 1.54) is 19.4 Å². The van der Waals surface area contributed by atoms with E-state index in [-0.39, 0.29) is 0 Å². The molecule has 1 N–H and O–H groups in total. The van der Waals surface area contributed by atoms with Crippen LogP contribution in [0.2, 0.25) is 0 Å². The van der Waals surface area contributed by atoms with E-state index in [4.69, 9.17) is 0 Å². The summed E-state index contributed by atoms with van der Waals surface area (Å²) in [6.07, 6.45) is 4.99. The highest BCUT2D eigenvalue weighted by Crippen LogP contribution is 2.34. The van der Waals surface area contributed by atoms with Gasteiger partial charge in [0.2, 0.25) is 0 Å². The second-order valence-electron chi connectivity index (χ2n) is 5.02. The molecule has 0 amide bonds. The smallest absolute Gasteiger partial charge is 0.0205 e. The molecule has 0 fully saturated rings. The molecule has 78 valence electrons. The van der Waals surface area contributed by atoms with Crippen molar-refractivity contribution in [3.8, 4) is 0 Å². The first-order chi connectivity index (χ1) is 6.68. The summed E-state index contributed by atoms with van der Waals surface area (Å²) in [5.74, 6) is 1.56. The fourth-order valence-corrected chi connectivity index (χ4v) is 2.67. The monoisotopic (exact) mass is 191 g/mol. The van der Waals surface area contributed by atoms with Crippen LogP contribution in [0, 0.1) is 11.8 Å². The molecule has 0 saturated carbocycles. The Bertz CT molecular complexity index is 284. The molecule has 0 saturated heterocycles. The average Bonchev–Trinajstić information content (AvgIpc) is 2.16. The first kappa shape index (κ1) is 9.97. The standard InChI is InChI=1S/C13H21N/c1-9(2)13-8-14-7-11-6-10(3)4-5-12(11)13/h6,9,13-14H,4-5,7-8H2,1-3H3.